The van der Waals surface area contributed by atoms with Crippen molar-refractivity contribution in [2.75, 3.05) is 12.3 Å². The Balaban J connectivity index is 2.04. The van der Waals surface area contributed by atoms with Gasteiger partial charge in [0.2, 0.25) is 10.0 Å². The van der Waals surface area contributed by atoms with Gasteiger partial charge in [-0.1, -0.05) is 30.3 Å². The SMILES string of the molecule is CC(C)(C)OC(=O)[C@@H]1CCCN1S(=O)(=O)CCc1ccccc1. The number of carbonyl (C=O) groups is 1. The number of rotatable bonds is 5. The van der Waals surface area contributed by atoms with Gasteiger partial charge in [0.05, 0.1) is 5.75 Å². The second-order valence-electron chi connectivity index (χ2n) is 6.85. The standard InChI is InChI=1S/C17H25NO4S/c1-17(2,3)22-16(19)15-10-7-12-18(15)23(20,21)13-11-14-8-5-4-6-9-14/h4-6,8-9,15H,7,10-13H2,1-3H3/t15-/m0/s1. The lowest BCUT2D eigenvalue weighted by Crippen LogP contribution is -2.44. The fourth-order valence-electron chi connectivity index (χ4n) is 2.69. The molecule has 0 spiro atoms. The molecule has 0 N–H and O–H groups in total. The van der Waals surface area contributed by atoms with Crippen LogP contribution < -0.4 is 0 Å². The summed E-state index contributed by atoms with van der Waals surface area (Å²) >= 11 is 0. The first-order chi connectivity index (χ1) is 10.7. The molecule has 1 aromatic rings. The van der Waals surface area contributed by atoms with Gasteiger partial charge in [0.1, 0.15) is 11.6 Å². The van der Waals surface area contributed by atoms with Crippen molar-refractivity contribution in [2.24, 2.45) is 0 Å². The molecule has 0 aromatic heterocycles. The number of esters is 1. The van der Waals surface area contributed by atoms with Gasteiger partial charge in [-0.2, -0.15) is 4.31 Å². The summed E-state index contributed by atoms with van der Waals surface area (Å²) in [7, 11) is -3.48. The maximum Gasteiger partial charge on any atom is 0.324 e. The van der Waals surface area contributed by atoms with Crippen LogP contribution in [0.2, 0.25) is 0 Å². The van der Waals surface area contributed by atoms with Crippen LogP contribution in [0.25, 0.3) is 0 Å². The van der Waals surface area contributed by atoms with Crippen molar-refractivity contribution < 1.29 is 17.9 Å². The first-order valence-corrected chi connectivity index (χ1v) is 9.56. The molecule has 128 valence electrons. The summed E-state index contributed by atoms with van der Waals surface area (Å²) in [5.41, 5.74) is 0.364. The monoisotopic (exact) mass is 339 g/mol. The molecular weight excluding hydrogens is 314 g/mol. The highest BCUT2D eigenvalue weighted by Gasteiger charge is 2.40. The zero-order chi connectivity index (χ0) is 17.1. The molecule has 6 heteroatoms. The minimum absolute atomic E-state index is 0.0102. The molecule has 1 saturated heterocycles. The van der Waals surface area contributed by atoms with E-state index in [-0.39, 0.29) is 5.75 Å². The van der Waals surface area contributed by atoms with Crippen LogP contribution in [-0.2, 0) is 26.0 Å². The van der Waals surface area contributed by atoms with Crippen LogP contribution >= 0.6 is 0 Å². The van der Waals surface area contributed by atoms with Crippen LogP contribution in [0, 0.1) is 0 Å². The lowest BCUT2D eigenvalue weighted by Gasteiger charge is -2.27. The Bertz CT molecular complexity index is 634. The first kappa shape index (κ1) is 17.9. The molecule has 1 heterocycles. The molecule has 1 aliphatic rings. The number of hydrogen-bond acceptors (Lipinski definition) is 4. The molecule has 0 saturated carbocycles. The minimum atomic E-state index is -3.48. The molecule has 0 unspecified atom stereocenters. The molecule has 2 rings (SSSR count). The molecule has 1 aliphatic heterocycles. The smallest absolute Gasteiger partial charge is 0.324 e. The highest BCUT2D eigenvalue weighted by Crippen LogP contribution is 2.24. The number of ether oxygens (including phenoxy) is 1. The van der Waals surface area contributed by atoms with Gasteiger partial charge >= 0.3 is 5.97 Å². The van der Waals surface area contributed by atoms with E-state index < -0.39 is 27.6 Å². The number of benzene rings is 1. The van der Waals surface area contributed by atoms with E-state index in [1.54, 1.807) is 20.8 Å². The van der Waals surface area contributed by atoms with Crippen LogP contribution in [-0.4, -0.2) is 42.6 Å². The van der Waals surface area contributed by atoms with E-state index in [0.717, 1.165) is 5.56 Å². The van der Waals surface area contributed by atoms with Crippen molar-refractivity contribution in [3.63, 3.8) is 0 Å². The fraction of sp³-hybridized carbons (Fsp3) is 0.588. The molecule has 0 bridgehead atoms. The molecule has 1 atom stereocenters. The number of aryl methyl sites for hydroxylation is 1. The van der Waals surface area contributed by atoms with E-state index in [2.05, 4.69) is 0 Å². The number of nitrogens with zero attached hydrogens (tertiary/aromatic N) is 1. The summed E-state index contributed by atoms with van der Waals surface area (Å²) < 4.78 is 31.9. The van der Waals surface area contributed by atoms with Crippen LogP contribution in [0.15, 0.2) is 30.3 Å². The van der Waals surface area contributed by atoms with Crippen molar-refractivity contribution >= 4 is 16.0 Å². The molecule has 0 radical (unpaired) electrons. The lowest BCUT2D eigenvalue weighted by molar-refractivity contribution is -0.158. The summed E-state index contributed by atoms with van der Waals surface area (Å²) in [6, 6.07) is 8.81. The number of carbonyl (C=O) groups excluding carboxylic acids is 1. The molecule has 23 heavy (non-hydrogen) atoms. The van der Waals surface area contributed by atoms with Crippen molar-refractivity contribution in [3.8, 4) is 0 Å². The average molecular weight is 339 g/mol. The molecule has 0 aliphatic carbocycles. The van der Waals surface area contributed by atoms with Gasteiger partial charge in [0, 0.05) is 6.54 Å². The summed E-state index contributed by atoms with van der Waals surface area (Å²) in [4.78, 5) is 12.3. The van der Waals surface area contributed by atoms with Crippen LogP contribution in [0.1, 0.15) is 39.2 Å². The fourth-order valence-corrected chi connectivity index (χ4v) is 4.40. The first-order valence-electron chi connectivity index (χ1n) is 7.95. The summed E-state index contributed by atoms with van der Waals surface area (Å²) in [6.45, 7) is 5.75. The van der Waals surface area contributed by atoms with Crippen LogP contribution in [0.5, 0.6) is 0 Å². The van der Waals surface area contributed by atoms with Gasteiger partial charge < -0.3 is 4.74 Å². The van der Waals surface area contributed by atoms with Crippen LogP contribution in [0.3, 0.4) is 0 Å². The zero-order valence-corrected chi connectivity index (χ0v) is 14.8. The normalized spacial score (nSPS) is 19.7. The van der Waals surface area contributed by atoms with Crippen molar-refractivity contribution in [1.82, 2.24) is 4.31 Å². The van der Waals surface area contributed by atoms with E-state index >= 15 is 0 Å². The Morgan fingerprint density at radius 1 is 1.26 bits per heavy atom. The molecule has 5 nitrogen and oxygen atoms in total. The summed E-state index contributed by atoms with van der Waals surface area (Å²) in [6.07, 6.45) is 1.66. The molecule has 1 aromatic carbocycles. The Hall–Kier alpha value is -1.40. The number of sulfonamides is 1. The van der Waals surface area contributed by atoms with E-state index in [4.69, 9.17) is 4.74 Å². The maximum atomic E-state index is 12.6. The van der Waals surface area contributed by atoms with E-state index in [0.29, 0.717) is 25.8 Å². The van der Waals surface area contributed by atoms with Gasteiger partial charge in [0.15, 0.2) is 0 Å². The third kappa shape index (κ3) is 5.04. The minimum Gasteiger partial charge on any atom is -0.459 e. The number of hydrogen-bond donors (Lipinski definition) is 0. The van der Waals surface area contributed by atoms with Gasteiger partial charge in [-0.25, -0.2) is 8.42 Å². The highest BCUT2D eigenvalue weighted by atomic mass is 32.2. The topological polar surface area (TPSA) is 63.7 Å². The van der Waals surface area contributed by atoms with E-state index in [1.165, 1.54) is 4.31 Å². The van der Waals surface area contributed by atoms with E-state index in [9.17, 15) is 13.2 Å². The van der Waals surface area contributed by atoms with Gasteiger partial charge in [-0.05, 0) is 45.6 Å². The van der Waals surface area contributed by atoms with Crippen molar-refractivity contribution in [3.05, 3.63) is 35.9 Å². The Morgan fingerprint density at radius 3 is 2.52 bits per heavy atom. The molecular formula is C17H25NO4S. The largest absolute Gasteiger partial charge is 0.459 e. The predicted molar refractivity (Wildman–Crippen MR) is 89.5 cm³/mol. The molecule has 1 fully saturated rings. The quantitative estimate of drug-likeness (QED) is 0.773. The van der Waals surface area contributed by atoms with Crippen molar-refractivity contribution in [1.29, 1.82) is 0 Å². The zero-order valence-electron chi connectivity index (χ0n) is 14.0. The average Bonchev–Trinajstić information content (AvgIpc) is 2.95. The Labute approximate surface area is 138 Å². The van der Waals surface area contributed by atoms with Gasteiger partial charge in [-0.3, -0.25) is 4.79 Å². The lowest BCUT2D eigenvalue weighted by atomic mass is 10.2. The van der Waals surface area contributed by atoms with Gasteiger partial charge in [-0.15, -0.1) is 0 Å². The second kappa shape index (κ2) is 7.01. The predicted octanol–water partition coefficient (Wildman–Crippen LogP) is 2.37. The summed E-state index contributed by atoms with van der Waals surface area (Å²) in [5, 5.41) is 0. The van der Waals surface area contributed by atoms with Gasteiger partial charge in [0.25, 0.3) is 0 Å². The molecule has 0 amide bonds. The second-order valence-corrected chi connectivity index (χ2v) is 8.89. The Morgan fingerprint density at radius 2 is 1.91 bits per heavy atom. The maximum absolute atomic E-state index is 12.6. The van der Waals surface area contributed by atoms with E-state index in [1.807, 2.05) is 30.3 Å². The summed E-state index contributed by atoms with van der Waals surface area (Å²) in [5.74, 6) is -0.436. The highest BCUT2D eigenvalue weighted by molar-refractivity contribution is 7.89. The third-order valence-electron chi connectivity index (χ3n) is 3.73. The Kier molecular flexibility index (Phi) is 5.47. The van der Waals surface area contributed by atoms with Crippen molar-refractivity contribution in [2.45, 2.75) is 51.7 Å². The third-order valence-corrected chi connectivity index (χ3v) is 5.60. The van der Waals surface area contributed by atoms with Crippen LogP contribution in [0.4, 0.5) is 0 Å².